The van der Waals surface area contributed by atoms with E-state index in [0.717, 1.165) is 11.1 Å². The van der Waals surface area contributed by atoms with Crippen molar-refractivity contribution in [1.29, 1.82) is 0 Å². The standard InChI is InChI=1S/C16H14ClNO3S/c17-14-4-2-1-3-13(14)9-18-15(19)10-21-16(20)6-5-12-7-8-22-11-12/h1-8,11H,9-10H2,(H,18,19)/b6-5+. The van der Waals surface area contributed by atoms with Gasteiger partial charge in [0.2, 0.25) is 0 Å². The molecule has 0 aliphatic heterocycles. The zero-order valence-electron chi connectivity index (χ0n) is 11.6. The Morgan fingerprint density at radius 3 is 2.82 bits per heavy atom. The lowest BCUT2D eigenvalue weighted by Crippen LogP contribution is -2.28. The molecule has 22 heavy (non-hydrogen) atoms. The molecule has 1 heterocycles. The zero-order valence-corrected chi connectivity index (χ0v) is 13.2. The van der Waals surface area contributed by atoms with Crippen molar-refractivity contribution in [3.63, 3.8) is 0 Å². The molecular weight excluding hydrogens is 322 g/mol. The molecule has 6 heteroatoms. The van der Waals surface area contributed by atoms with Crippen LogP contribution in [0.4, 0.5) is 0 Å². The van der Waals surface area contributed by atoms with Crippen molar-refractivity contribution in [3.8, 4) is 0 Å². The molecule has 0 radical (unpaired) electrons. The summed E-state index contributed by atoms with van der Waals surface area (Å²) in [6, 6.07) is 9.10. The van der Waals surface area contributed by atoms with E-state index in [0.29, 0.717) is 11.6 Å². The first-order valence-corrected chi connectivity index (χ1v) is 7.84. The lowest BCUT2D eigenvalue weighted by molar-refractivity contribution is -0.143. The lowest BCUT2D eigenvalue weighted by atomic mass is 10.2. The highest BCUT2D eigenvalue weighted by Crippen LogP contribution is 2.14. The van der Waals surface area contributed by atoms with E-state index in [1.165, 1.54) is 17.4 Å². The average Bonchev–Trinajstić information content (AvgIpc) is 3.03. The van der Waals surface area contributed by atoms with Crippen molar-refractivity contribution in [1.82, 2.24) is 5.32 Å². The third kappa shape index (κ3) is 5.35. The average molecular weight is 336 g/mol. The van der Waals surface area contributed by atoms with Gasteiger partial charge in [-0.2, -0.15) is 11.3 Å². The van der Waals surface area contributed by atoms with Crippen molar-refractivity contribution >= 4 is 40.9 Å². The van der Waals surface area contributed by atoms with Gasteiger partial charge in [-0.15, -0.1) is 0 Å². The van der Waals surface area contributed by atoms with Gasteiger partial charge in [-0.1, -0.05) is 29.8 Å². The van der Waals surface area contributed by atoms with E-state index in [1.807, 2.05) is 35.0 Å². The number of esters is 1. The van der Waals surface area contributed by atoms with Crippen LogP contribution in [0.3, 0.4) is 0 Å². The third-order valence-electron chi connectivity index (χ3n) is 2.73. The van der Waals surface area contributed by atoms with Gasteiger partial charge in [0.05, 0.1) is 0 Å². The van der Waals surface area contributed by atoms with E-state index in [1.54, 1.807) is 12.1 Å². The maximum atomic E-state index is 11.6. The number of ether oxygens (including phenoxy) is 1. The largest absolute Gasteiger partial charge is 0.452 e. The minimum Gasteiger partial charge on any atom is -0.452 e. The van der Waals surface area contributed by atoms with Crippen LogP contribution >= 0.6 is 22.9 Å². The number of nitrogens with one attached hydrogen (secondary N) is 1. The van der Waals surface area contributed by atoms with E-state index in [9.17, 15) is 9.59 Å². The van der Waals surface area contributed by atoms with Crippen molar-refractivity contribution in [2.45, 2.75) is 6.54 Å². The molecule has 114 valence electrons. The summed E-state index contributed by atoms with van der Waals surface area (Å²) < 4.78 is 4.85. The number of amides is 1. The fourth-order valence-corrected chi connectivity index (χ4v) is 2.44. The maximum absolute atomic E-state index is 11.6. The molecule has 0 spiro atoms. The van der Waals surface area contributed by atoms with Gasteiger partial charge in [0, 0.05) is 17.6 Å². The molecule has 2 rings (SSSR count). The van der Waals surface area contributed by atoms with Crippen molar-refractivity contribution in [2.24, 2.45) is 0 Å². The molecule has 0 aliphatic rings. The van der Waals surface area contributed by atoms with Gasteiger partial charge in [-0.3, -0.25) is 4.79 Å². The Balaban J connectivity index is 1.71. The Labute approximate surface area is 137 Å². The molecule has 0 unspecified atom stereocenters. The van der Waals surface area contributed by atoms with Gasteiger partial charge < -0.3 is 10.1 Å². The Morgan fingerprint density at radius 2 is 2.09 bits per heavy atom. The normalized spacial score (nSPS) is 10.6. The van der Waals surface area contributed by atoms with Crippen LogP contribution in [0.15, 0.2) is 47.2 Å². The molecule has 4 nitrogen and oxygen atoms in total. The predicted molar refractivity (Wildman–Crippen MR) is 87.6 cm³/mol. The van der Waals surface area contributed by atoms with Crippen LogP contribution in [0.25, 0.3) is 6.08 Å². The maximum Gasteiger partial charge on any atom is 0.331 e. The Hall–Kier alpha value is -2.11. The third-order valence-corrected chi connectivity index (χ3v) is 3.80. The highest BCUT2D eigenvalue weighted by Gasteiger charge is 2.06. The fourth-order valence-electron chi connectivity index (χ4n) is 1.61. The highest BCUT2D eigenvalue weighted by atomic mass is 35.5. The number of carbonyl (C=O) groups excluding carboxylic acids is 2. The van der Waals surface area contributed by atoms with Gasteiger partial charge in [0.1, 0.15) is 0 Å². The Morgan fingerprint density at radius 1 is 1.27 bits per heavy atom. The molecule has 0 fully saturated rings. The predicted octanol–water partition coefficient (Wildman–Crippen LogP) is 3.27. The van der Waals surface area contributed by atoms with E-state index in [4.69, 9.17) is 16.3 Å². The molecule has 1 amide bonds. The first-order chi connectivity index (χ1) is 10.6. The molecule has 2 aromatic rings. The lowest BCUT2D eigenvalue weighted by Gasteiger charge is -2.06. The Kier molecular flexibility index (Phi) is 6.18. The second-order valence-corrected chi connectivity index (χ2v) is 5.55. The van der Waals surface area contributed by atoms with Crippen molar-refractivity contribution < 1.29 is 14.3 Å². The van der Waals surface area contributed by atoms with Crippen LogP contribution in [0.1, 0.15) is 11.1 Å². The number of benzene rings is 1. The van der Waals surface area contributed by atoms with Gasteiger partial charge in [0.25, 0.3) is 5.91 Å². The molecule has 0 bridgehead atoms. The van der Waals surface area contributed by atoms with E-state index >= 15 is 0 Å². The summed E-state index contributed by atoms with van der Waals surface area (Å²) in [5.41, 5.74) is 1.73. The van der Waals surface area contributed by atoms with E-state index < -0.39 is 5.97 Å². The van der Waals surface area contributed by atoms with Crippen LogP contribution in [-0.2, 0) is 20.9 Å². The zero-order chi connectivity index (χ0) is 15.8. The topological polar surface area (TPSA) is 55.4 Å². The van der Waals surface area contributed by atoms with Crippen LogP contribution in [0.2, 0.25) is 5.02 Å². The monoisotopic (exact) mass is 335 g/mol. The highest BCUT2D eigenvalue weighted by molar-refractivity contribution is 7.08. The number of rotatable bonds is 6. The molecule has 1 N–H and O–H groups in total. The molecule has 0 aliphatic carbocycles. The van der Waals surface area contributed by atoms with E-state index in [2.05, 4.69) is 5.32 Å². The van der Waals surface area contributed by atoms with Crippen molar-refractivity contribution in [3.05, 3.63) is 63.3 Å². The molecule has 1 aromatic heterocycles. The summed E-state index contributed by atoms with van der Waals surface area (Å²) in [5, 5.41) is 7.04. The smallest absolute Gasteiger partial charge is 0.331 e. The summed E-state index contributed by atoms with van der Waals surface area (Å²) in [4.78, 5) is 23.1. The first-order valence-electron chi connectivity index (χ1n) is 6.52. The quantitative estimate of drug-likeness (QED) is 0.651. The molecule has 0 saturated carbocycles. The second kappa shape index (κ2) is 8.36. The molecule has 1 aromatic carbocycles. The number of halogens is 1. The minimum atomic E-state index is -0.556. The van der Waals surface area contributed by atoms with Gasteiger partial charge in [-0.25, -0.2) is 4.79 Å². The summed E-state index contributed by atoms with van der Waals surface area (Å²) in [6.45, 7) is -0.0297. The number of thiophene rings is 1. The van der Waals surface area contributed by atoms with Crippen LogP contribution in [0, 0.1) is 0 Å². The fraction of sp³-hybridized carbons (Fsp3) is 0.125. The summed E-state index contributed by atoms with van der Waals surface area (Å²) in [5.74, 6) is -0.934. The summed E-state index contributed by atoms with van der Waals surface area (Å²) in [7, 11) is 0. The number of hydrogen-bond acceptors (Lipinski definition) is 4. The molecule has 0 atom stereocenters. The van der Waals surface area contributed by atoms with E-state index in [-0.39, 0.29) is 12.5 Å². The molecular formula is C16H14ClNO3S. The van der Waals surface area contributed by atoms with Crippen LogP contribution in [0.5, 0.6) is 0 Å². The molecule has 0 saturated heterocycles. The number of hydrogen-bond donors (Lipinski definition) is 1. The first kappa shape index (κ1) is 16.3. The number of carbonyl (C=O) groups is 2. The van der Waals surface area contributed by atoms with Crippen molar-refractivity contribution in [2.75, 3.05) is 6.61 Å². The van der Waals surface area contributed by atoms with Gasteiger partial charge in [-0.05, 0) is 40.1 Å². The SMILES string of the molecule is O=C(COC(=O)/C=C/c1ccsc1)NCc1ccccc1Cl. The minimum absolute atomic E-state index is 0.292. The van der Waals surface area contributed by atoms with Crippen LogP contribution < -0.4 is 5.32 Å². The van der Waals surface area contributed by atoms with Gasteiger partial charge in [0.15, 0.2) is 6.61 Å². The van der Waals surface area contributed by atoms with Gasteiger partial charge >= 0.3 is 5.97 Å². The Bertz CT molecular complexity index is 668. The second-order valence-electron chi connectivity index (χ2n) is 4.37. The summed E-state index contributed by atoms with van der Waals surface area (Å²) >= 11 is 7.52. The summed E-state index contributed by atoms with van der Waals surface area (Å²) in [6.07, 6.45) is 2.93. The van der Waals surface area contributed by atoms with Crippen LogP contribution in [-0.4, -0.2) is 18.5 Å².